The van der Waals surface area contributed by atoms with E-state index < -0.39 is 11.1 Å². The Kier molecular flexibility index (Phi) is 6.05. The Morgan fingerprint density at radius 3 is 2.75 bits per heavy atom. The predicted octanol–water partition coefficient (Wildman–Crippen LogP) is 2.48. The molecule has 1 aliphatic heterocycles. The van der Waals surface area contributed by atoms with Gasteiger partial charge in [0.05, 0.1) is 11.2 Å². The minimum absolute atomic E-state index is 0.00704. The molecule has 1 aromatic carbocycles. The highest BCUT2D eigenvalue weighted by molar-refractivity contribution is 8.18. The standard InChI is InChI=1S/C19H18N2O6S/c22-14-4-3-12(10-15(14)23)5-7-20-17(24)6-8-21-18(25)16(28-19(21)26)11-13-2-1-9-27-13/h1-4,9-11,22-23H,5-8H2,(H,20,24). The van der Waals surface area contributed by atoms with Gasteiger partial charge in [-0.3, -0.25) is 19.3 Å². The van der Waals surface area contributed by atoms with Crippen molar-refractivity contribution in [1.29, 1.82) is 0 Å². The van der Waals surface area contributed by atoms with Crippen LogP contribution in [0.5, 0.6) is 11.5 Å². The van der Waals surface area contributed by atoms with Crippen LogP contribution < -0.4 is 5.32 Å². The van der Waals surface area contributed by atoms with E-state index in [0.717, 1.165) is 22.2 Å². The van der Waals surface area contributed by atoms with Crippen molar-refractivity contribution in [3.8, 4) is 11.5 Å². The molecule has 0 aliphatic carbocycles. The van der Waals surface area contributed by atoms with Gasteiger partial charge in [0.25, 0.3) is 11.1 Å². The van der Waals surface area contributed by atoms with Gasteiger partial charge in [0.1, 0.15) is 5.76 Å². The number of phenolic OH excluding ortho intramolecular Hbond substituents is 2. The number of rotatable bonds is 7. The summed E-state index contributed by atoms with van der Waals surface area (Å²) < 4.78 is 5.14. The third-order valence-corrected chi connectivity index (χ3v) is 4.94. The number of furan rings is 1. The van der Waals surface area contributed by atoms with Crippen molar-refractivity contribution in [2.45, 2.75) is 12.8 Å². The lowest BCUT2D eigenvalue weighted by Gasteiger charge is -2.12. The van der Waals surface area contributed by atoms with E-state index in [-0.39, 0.29) is 35.3 Å². The number of nitrogens with zero attached hydrogens (tertiary/aromatic N) is 1. The Bertz CT molecular complexity index is 923. The summed E-state index contributed by atoms with van der Waals surface area (Å²) in [5.74, 6) is -0.684. The SMILES string of the molecule is O=C(CCN1C(=O)SC(=Cc2ccco2)C1=O)NCCc1ccc(O)c(O)c1. The third kappa shape index (κ3) is 4.74. The van der Waals surface area contributed by atoms with Gasteiger partial charge in [0.2, 0.25) is 5.91 Å². The second kappa shape index (κ2) is 8.66. The number of imide groups is 1. The first-order valence-electron chi connectivity index (χ1n) is 8.50. The van der Waals surface area contributed by atoms with Crippen LogP contribution in [-0.2, 0) is 16.0 Å². The van der Waals surface area contributed by atoms with Crippen molar-refractivity contribution in [2.75, 3.05) is 13.1 Å². The van der Waals surface area contributed by atoms with Crippen LogP contribution in [0, 0.1) is 0 Å². The lowest BCUT2D eigenvalue weighted by atomic mass is 10.1. The molecule has 0 bridgehead atoms. The molecular formula is C19H18N2O6S. The molecule has 146 valence electrons. The van der Waals surface area contributed by atoms with Crippen LogP contribution in [0.15, 0.2) is 45.9 Å². The zero-order valence-electron chi connectivity index (χ0n) is 14.8. The second-order valence-corrected chi connectivity index (χ2v) is 7.01. The van der Waals surface area contributed by atoms with Crippen molar-refractivity contribution in [3.63, 3.8) is 0 Å². The molecule has 3 N–H and O–H groups in total. The average molecular weight is 402 g/mol. The van der Waals surface area contributed by atoms with Crippen molar-refractivity contribution in [1.82, 2.24) is 10.2 Å². The highest BCUT2D eigenvalue weighted by atomic mass is 32.2. The summed E-state index contributed by atoms with van der Waals surface area (Å²) in [5.41, 5.74) is 0.754. The lowest BCUT2D eigenvalue weighted by Crippen LogP contribution is -2.34. The van der Waals surface area contributed by atoms with E-state index in [0.29, 0.717) is 18.7 Å². The van der Waals surface area contributed by atoms with E-state index in [1.165, 1.54) is 24.5 Å². The number of phenols is 2. The van der Waals surface area contributed by atoms with Crippen LogP contribution in [-0.4, -0.2) is 45.3 Å². The summed E-state index contributed by atoms with van der Waals surface area (Å²) >= 11 is 0.812. The summed E-state index contributed by atoms with van der Waals surface area (Å²) in [7, 11) is 0. The van der Waals surface area contributed by atoms with E-state index in [1.807, 2.05) is 0 Å². The summed E-state index contributed by atoms with van der Waals surface area (Å²) in [6.07, 6.45) is 3.43. The van der Waals surface area contributed by atoms with Gasteiger partial charge in [0, 0.05) is 25.6 Å². The smallest absolute Gasteiger partial charge is 0.293 e. The molecule has 2 aromatic rings. The Morgan fingerprint density at radius 1 is 1.21 bits per heavy atom. The first kappa shape index (κ1) is 19.6. The van der Waals surface area contributed by atoms with Gasteiger partial charge < -0.3 is 19.9 Å². The summed E-state index contributed by atoms with van der Waals surface area (Å²) in [5, 5.41) is 21.0. The molecule has 0 atom stereocenters. The number of benzene rings is 1. The van der Waals surface area contributed by atoms with Crippen molar-refractivity contribution < 1.29 is 29.0 Å². The maximum atomic E-state index is 12.3. The molecule has 0 radical (unpaired) electrons. The maximum Gasteiger partial charge on any atom is 0.293 e. The molecule has 28 heavy (non-hydrogen) atoms. The number of aromatic hydroxyl groups is 2. The Morgan fingerprint density at radius 2 is 2.04 bits per heavy atom. The number of carbonyl (C=O) groups is 3. The van der Waals surface area contributed by atoms with Crippen LogP contribution >= 0.6 is 11.8 Å². The van der Waals surface area contributed by atoms with Gasteiger partial charge in [-0.15, -0.1) is 0 Å². The zero-order chi connectivity index (χ0) is 20.1. The number of hydrogen-bond donors (Lipinski definition) is 3. The molecule has 1 fully saturated rings. The minimum Gasteiger partial charge on any atom is -0.504 e. The molecule has 0 spiro atoms. The fourth-order valence-electron chi connectivity index (χ4n) is 2.57. The third-order valence-electron chi connectivity index (χ3n) is 4.03. The van der Waals surface area contributed by atoms with Gasteiger partial charge >= 0.3 is 0 Å². The molecule has 1 aromatic heterocycles. The van der Waals surface area contributed by atoms with E-state index in [2.05, 4.69) is 5.32 Å². The second-order valence-electron chi connectivity index (χ2n) is 6.02. The Labute approximate surface area is 164 Å². The molecule has 1 aliphatic rings. The minimum atomic E-state index is -0.446. The predicted molar refractivity (Wildman–Crippen MR) is 102 cm³/mol. The van der Waals surface area contributed by atoms with Crippen molar-refractivity contribution >= 4 is 34.9 Å². The maximum absolute atomic E-state index is 12.3. The lowest BCUT2D eigenvalue weighted by molar-refractivity contribution is -0.124. The first-order valence-corrected chi connectivity index (χ1v) is 9.32. The fourth-order valence-corrected chi connectivity index (χ4v) is 3.41. The Hall–Kier alpha value is -3.20. The molecule has 9 heteroatoms. The van der Waals surface area contributed by atoms with E-state index in [1.54, 1.807) is 18.2 Å². The molecule has 2 heterocycles. The largest absolute Gasteiger partial charge is 0.504 e. The molecular weight excluding hydrogens is 384 g/mol. The van der Waals surface area contributed by atoms with Crippen LogP contribution in [0.1, 0.15) is 17.7 Å². The number of thioether (sulfide) groups is 1. The Balaban J connectivity index is 1.45. The highest BCUT2D eigenvalue weighted by Crippen LogP contribution is 2.32. The van der Waals surface area contributed by atoms with Gasteiger partial charge in [-0.25, -0.2) is 0 Å². The molecule has 8 nitrogen and oxygen atoms in total. The van der Waals surface area contributed by atoms with Gasteiger partial charge in [-0.1, -0.05) is 6.07 Å². The quantitative estimate of drug-likeness (QED) is 0.481. The summed E-state index contributed by atoms with van der Waals surface area (Å²) in [6, 6.07) is 7.80. The van der Waals surface area contributed by atoms with Crippen molar-refractivity contribution in [2.24, 2.45) is 0 Å². The monoisotopic (exact) mass is 402 g/mol. The summed E-state index contributed by atoms with van der Waals surface area (Å²) in [6.45, 7) is 0.315. The van der Waals surface area contributed by atoms with Crippen LogP contribution in [0.25, 0.3) is 6.08 Å². The molecule has 0 saturated carbocycles. The molecule has 3 rings (SSSR count). The van der Waals surface area contributed by atoms with Gasteiger partial charge in [-0.2, -0.15) is 0 Å². The molecule has 3 amide bonds. The van der Waals surface area contributed by atoms with Crippen LogP contribution in [0.3, 0.4) is 0 Å². The molecule has 1 saturated heterocycles. The van der Waals surface area contributed by atoms with E-state index in [9.17, 15) is 24.6 Å². The van der Waals surface area contributed by atoms with Crippen LogP contribution in [0.4, 0.5) is 4.79 Å². The highest BCUT2D eigenvalue weighted by Gasteiger charge is 2.35. The zero-order valence-corrected chi connectivity index (χ0v) is 15.6. The topological polar surface area (TPSA) is 120 Å². The van der Waals surface area contributed by atoms with Gasteiger partial charge in [-0.05, 0) is 48.0 Å². The fraction of sp³-hybridized carbons (Fsp3) is 0.211. The average Bonchev–Trinajstić information content (AvgIpc) is 3.25. The number of amides is 3. The van der Waals surface area contributed by atoms with Gasteiger partial charge in [0.15, 0.2) is 11.5 Å². The number of hydrogen-bond acceptors (Lipinski definition) is 7. The van der Waals surface area contributed by atoms with E-state index >= 15 is 0 Å². The first-order chi connectivity index (χ1) is 13.4. The van der Waals surface area contributed by atoms with Crippen molar-refractivity contribution in [3.05, 3.63) is 52.8 Å². The molecule has 0 unspecified atom stereocenters. The summed E-state index contributed by atoms with van der Waals surface area (Å²) in [4.78, 5) is 37.6. The number of nitrogens with one attached hydrogen (secondary N) is 1. The van der Waals surface area contributed by atoms with E-state index in [4.69, 9.17) is 4.42 Å². The van der Waals surface area contributed by atoms with Crippen LogP contribution in [0.2, 0.25) is 0 Å². The number of carbonyl (C=O) groups excluding carboxylic acids is 3. The normalized spacial score (nSPS) is 15.4.